The van der Waals surface area contributed by atoms with E-state index in [9.17, 15) is 0 Å². The second-order valence-electron chi connectivity index (χ2n) is 4.95. The lowest BCUT2D eigenvalue weighted by atomic mass is 10.0. The van der Waals surface area contributed by atoms with Gasteiger partial charge in [0.25, 0.3) is 0 Å². The van der Waals surface area contributed by atoms with Gasteiger partial charge in [0.05, 0.1) is 11.6 Å². The number of H-pyrrole nitrogens is 1. The predicted octanol–water partition coefficient (Wildman–Crippen LogP) is 2.91. The van der Waals surface area contributed by atoms with E-state index >= 15 is 0 Å². The second kappa shape index (κ2) is 5.71. The van der Waals surface area contributed by atoms with Crippen LogP contribution in [-0.4, -0.2) is 20.2 Å². The summed E-state index contributed by atoms with van der Waals surface area (Å²) in [5, 5.41) is 8.54. The van der Waals surface area contributed by atoms with Crippen molar-refractivity contribution in [2.45, 2.75) is 29.7 Å². The molecule has 0 aliphatic carbocycles. The highest BCUT2D eigenvalue weighted by molar-refractivity contribution is 7.99. The van der Waals surface area contributed by atoms with E-state index in [0.29, 0.717) is 17.5 Å². The smallest absolute Gasteiger partial charge is 0.240 e. The average molecular weight is 300 g/mol. The van der Waals surface area contributed by atoms with Crippen molar-refractivity contribution in [2.24, 2.45) is 5.84 Å². The van der Waals surface area contributed by atoms with Crippen molar-refractivity contribution in [3.63, 3.8) is 0 Å². The van der Waals surface area contributed by atoms with Gasteiger partial charge in [0, 0.05) is 4.90 Å². The summed E-state index contributed by atoms with van der Waals surface area (Å²) in [5.74, 6) is 6.30. The van der Waals surface area contributed by atoms with Gasteiger partial charge in [-0.1, -0.05) is 37.7 Å². The molecule has 0 saturated heterocycles. The number of rotatable bonds is 4. The maximum absolute atomic E-state index is 5.41. The lowest BCUT2D eigenvalue weighted by Gasteiger charge is -2.07. The van der Waals surface area contributed by atoms with Crippen LogP contribution in [0.2, 0.25) is 0 Å². The van der Waals surface area contributed by atoms with Crippen LogP contribution in [0.1, 0.15) is 25.3 Å². The number of benzene rings is 1. The van der Waals surface area contributed by atoms with Crippen LogP contribution in [0.5, 0.6) is 0 Å². The highest BCUT2D eigenvalue weighted by Crippen LogP contribution is 2.32. The van der Waals surface area contributed by atoms with E-state index in [-0.39, 0.29) is 0 Å². The van der Waals surface area contributed by atoms with Crippen LogP contribution in [0.3, 0.4) is 0 Å². The Morgan fingerprint density at radius 3 is 2.62 bits per heavy atom. The third kappa shape index (κ3) is 2.84. The molecule has 0 fully saturated rings. The Morgan fingerprint density at radius 1 is 1.19 bits per heavy atom. The molecular formula is C14H16N6S. The Bertz CT molecular complexity index is 750. The molecular weight excluding hydrogens is 284 g/mol. The van der Waals surface area contributed by atoms with E-state index in [4.69, 9.17) is 5.84 Å². The third-order valence-corrected chi connectivity index (χ3v) is 4.18. The number of nitrogens with two attached hydrogens (primary N) is 1. The number of fused-ring (bicyclic) bond motifs is 1. The minimum atomic E-state index is 0.369. The van der Waals surface area contributed by atoms with E-state index in [1.165, 1.54) is 5.56 Å². The van der Waals surface area contributed by atoms with Crippen molar-refractivity contribution in [1.29, 1.82) is 0 Å². The molecule has 0 unspecified atom stereocenters. The van der Waals surface area contributed by atoms with Gasteiger partial charge in [-0.15, -0.1) is 0 Å². The second-order valence-corrected chi connectivity index (χ2v) is 6.02. The minimum Gasteiger partial charge on any atom is -0.292 e. The molecule has 2 heterocycles. The summed E-state index contributed by atoms with van der Waals surface area (Å²) in [6, 6.07) is 8.48. The monoisotopic (exact) mass is 300 g/mol. The lowest BCUT2D eigenvalue weighted by molar-refractivity contribution is 0.865. The molecule has 0 amide bonds. The number of nitrogens with one attached hydrogen (secondary N) is 2. The Hall–Kier alpha value is -2.12. The van der Waals surface area contributed by atoms with Gasteiger partial charge in [-0.05, 0) is 23.6 Å². The van der Waals surface area contributed by atoms with Crippen LogP contribution < -0.4 is 11.3 Å². The van der Waals surface area contributed by atoms with Gasteiger partial charge in [0.15, 0.2) is 5.65 Å². The highest BCUT2D eigenvalue weighted by Gasteiger charge is 2.10. The quantitative estimate of drug-likeness (QED) is 0.390. The molecule has 3 rings (SSSR count). The Labute approximate surface area is 126 Å². The maximum atomic E-state index is 5.41. The standard InChI is InChI=1S/C14H16N6S/c1-8(2)9-3-5-10(6-4-9)21-13-11-7-16-20-12(11)17-14(18-13)19-15/h3-8H,15H2,1-2H3,(H2,16,17,18,19,20). The molecule has 0 aliphatic rings. The SMILES string of the molecule is CC(C)c1ccc(Sc2nc(NN)nc3[nH]ncc23)cc1. The molecule has 6 nitrogen and oxygen atoms in total. The number of hydrogen-bond donors (Lipinski definition) is 3. The van der Waals surface area contributed by atoms with E-state index in [1.54, 1.807) is 18.0 Å². The Morgan fingerprint density at radius 2 is 1.95 bits per heavy atom. The summed E-state index contributed by atoms with van der Waals surface area (Å²) >= 11 is 1.57. The van der Waals surface area contributed by atoms with E-state index in [1.807, 2.05) is 0 Å². The molecule has 0 aliphatic heterocycles. The number of hydrogen-bond acceptors (Lipinski definition) is 6. The van der Waals surface area contributed by atoms with Gasteiger partial charge in [0.2, 0.25) is 5.95 Å². The van der Waals surface area contributed by atoms with Crippen LogP contribution in [0.25, 0.3) is 11.0 Å². The van der Waals surface area contributed by atoms with Crippen molar-refractivity contribution in [3.05, 3.63) is 36.0 Å². The molecule has 1 aromatic carbocycles. The Balaban J connectivity index is 1.95. The zero-order valence-corrected chi connectivity index (χ0v) is 12.6. The molecule has 0 bridgehead atoms. The molecule has 2 aromatic heterocycles. The van der Waals surface area contributed by atoms with Crippen molar-refractivity contribution in [1.82, 2.24) is 20.2 Å². The van der Waals surface area contributed by atoms with E-state index in [0.717, 1.165) is 15.3 Å². The average Bonchev–Trinajstić information content (AvgIpc) is 2.96. The van der Waals surface area contributed by atoms with Crippen LogP contribution in [0.4, 0.5) is 5.95 Å². The molecule has 7 heteroatoms. The fourth-order valence-electron chi connectivity index (χ4n) is 1.98. The number of nitrogen functional groups attached to an aromatic ring is 1. The maximum Gasteiger partial charge on any atom is 0.240 e. The van der Waals surface area contributed by atoms with Crippen LogP contribution in [-0.2, 0) is 0 Å². The first-order valence-corrected chi connectivity index (χ1v) is 7.44. The first-order chi connectivity index (χ1) is 10.2. The fraction of sp³-hybridized carbons (Fsp3) is 0.214. The zero-order valence-electron chi connectivity index (χ0n) is 11.8. The van der Waals surface area contributed by atoms with Crippen molar-refractivity contribution in [3.8, 4) is 0 Å². The first-order valence-electron chi connectivity index (χ1n) is 6.63. The molecule has 21 heavy (non-hydrogen) atoms. The molecule has 4 N–H and O–H groups in total. The van der Waals surface area contributed by atoms with E-state index < -0.39 is 0 Å². The molecule has 108 valence electrons. The first kappa shape index (κ1) is 13.8. The third-order valence-electron chi connectivity index (χ3n) is 3.17. The topological polar surface area (TPSA) is 92.5 Å². The van der Waals surface area contributed by atoms with Crippen molar-refractivity contribution in [2.75, 3.05) is 5.43 Å². The number of anilines is 1. The summed E-state index contributed by atoms with van der Waals surface area (Å²) in [5.41, 5.74) is 4.46. The largest absolute Gasteiger partial charge is 0.292 e. The summed E-state index contributed by atoms with van der Waals surface area (Å²) in [6.07, 6.45) is 1.72. The zero-order chi connectivity index (χ0) is 14.8. The molecule has 0 atom stereocenters. The summed E-state index contributed by atoms with van der Waals surface area (Å²) in [7, 11) is 0. The molecule has 0 saturated carbocycles. The fourth-order valence-corrected chi connectivity index (χ4v) is 2.87. The van der Waals surface area contributed by atoms with Crippen LogP contribution in [0, 0.1) is 0 Å². The highest BCUT2D eigenvalue weighted by atomic mass is 32.2. The van der Waals surface area contributed by atoms with Crippen LogP contribution >= 0.6 is 11.8 Å². The van der Waals surface area contributed by atoms with Gasteiger partial charge in [-0.25, -0.2) is 10.8 Å². The van der Waals surface area contributed by atoms with Crippen LogP contribution in [0.15, 0.2) is 40.4 Å². The molecule has 0 spiro atoms. The number of hydrazine groups is 1. The van der Waals surface area contributed by atoms with Gasteiger partial charge in [-0.3, -0.25) is 10.5 Å². The van der Waals surface area contributed by atoms with E-state index in [2.05, 4.69) is 63.7 Å². The van der Waals surface area contributed by atoms with Gasteiger partial charge in [-0.2, -0.15) is 10.1 Å². The van der Waals surface area contributed by atoms with Crippen molar-refractivity contribution < 1.29 is 0 Å². The summed E-state index contributed by atoms with van der Waals surface area (Å²) in [6.45, 7) is 4.36. The molecule has 3 aromatic rings. The summed E-state index contributed by atoms with van der Waals surface area (Å²) < 4.78 is 0. The number of aromatic nitrogens is 4. The van der Waals surface area contributed by atoms with Gasteiger partial charge in [0.1, 0.15) is 5.03 Å². The lowest BCUT2D eigenvalue weighted by Crippen LogP contribution is -2.10. The summed E-state index contributed by atoms with van der Waals surface area (Å²) in [4.78, 5) is 9.73. The van der Waals surface area contributed by atoms with Gasteiger partial charge < -0.3 is 0 Å². The number of nitrogens with zero attached hydrogens (tertiary/aromatic N) is 3. The molecule has 0 radical (unpaired) electrons. The normalized spacial score (nSPS) is 11.2. The van der Waals surface area contributed by atoms with Crippen molar-refractivity contribution >= 4 is 28.7 Å². The number of aromatic amines is 1. The predicted molar refractivity (Wildman–Crippen MR) is 84.1 cm³/mol. The Kier molecular flexibility index (Phi) is 3.76. The minimum absolute atomic E-state index is 0.369. The van der Waals surface area contributed by atoms with Gasteiger partial charge >= 0.3 is 0 Å².